The standard InChI is InChI=1S/C20H21Cl2N3O2S/c21-19-7-6-18(12-20(19)22)15-28(26,27)25-9-1-8-24(10-11-25)14-17-4-2-16(13-23)3-5-17/h2-7,12H,1,8-11,14-15H2. The van der Waals surface area contributed by atoms with Crippen LogP contribution < -0.4 is 0 Å². The fourth-order valence-corrected chi connectivity index (χ4v) is 5.13. The summed E-state index contributed by atoms with van der Waals surface area (Å²) in [5.74, 6) is -0.0838. The SMILES string of the molecule is N#Cc1ccc(CN2CCCN(S(=O)(=O)Cc3ccc(Cl)c(Cl)c3)CC2)cc1. The molecule has 8 heteroatoms. The molecule has 0 amide bonds. The molecule has 0 aliphatic carbocycles. The van der Waals surface area contributed by atoms with Gasteiger partial charge in [-0.1, -0.05) is 41.4 Å². The third kappa shape index (κ3) is 5.47. The molecule has 0 N–H and O–H groups in total. The third-order valence-corrected chi connectivity index (χ3v) is 7.35. The van der Waals surface area contributed by atoms with Crippen molar-refractivity contribution in [1.82, 2.24) is 9.21 Å². The first kappa shape index (κ1) is 21.1. The Kier molecular flexibility index (Phi) is 6.97. The second-order valence-corrected chi connectivity index (χ2v) is 9.63. The van der Waals surface area contributed by atoms with E-state index in [1.165, 1.54) is 0 Å². The zero-order chi connectivity index (χ0) is 20.1. The summed E-state index contributed by atoms with van der Waals surface area (Å²) in [4.78, 5) is 2.25. The summed E-state index contributed by atoms with van der Waals surface area (Å²) in [5.41, 5.74) is 2.39. The molecule has 1 saturated heterocycles. The monoisotopic (exact) mass is 437 g/mol. The largest absolute Gasteiger partial charge is 0.298 e. The molecule has 0 saturated carbocycles. The van der Waals surface area contributed by atoms with Crippen molar-refractivity contribution in [3.8, 4) is 6.07 Å². The highest BCUT2D eigenvalue weighted by Crippen LogP contribution is 2.24. The highest BCUT2D eigenvalue weighted by Gasteiger charge is 2.25. The van der Waals surface area contributed by atoms with E-state index < -0.39 is 10.0 Å². The molecule has 0 atom stereocenters. The lowest BCUT2D eigenvalue weighted by Gasteiger charge is -2.22. The molecule has 2 aromatic carbocycles. The van der Waals surface area contributed by atoms with Crippen LogP contribution in [0.25, 0.3) is 0 Å². The maximum atomic E-state index is 12.8. The van der Waals surface area contributed by atoms with E-state index in [0.717, 1.165) is 25.1 Å². The first-order chi connectivity index (χ1) is 13.4. The lowest BCUT2D eigenvalue weighted by molar-refractivity contribution is 0.278. The van der Waals surface area contributed by atoms with Crippen LogP contribution in [0.5, 0.6) is 0 Å². The van der Waals surface area contributed by atoms with Gasteiger partial charge in [0, 0.05) is 26.2 Å². The maximum absolute atomic E-state index is 12.8. The van der Waals surface area contributed by atoms with E-state index in [0.29, 0.717) is 40.8 Å². The van der Waals surface area contributed by atoms with Gasteiger partial charge in [0.2, 0.25) is 10.0 Å². The van der Waals surface area contributed by atoms with Crippen molar-refractivity contribution < 1.29 is 8.42 Å². The van der Waals surface area contributed by atoms with Crippen molar-refractivity contribution in [3.63, 3.8) is 0 Å². The summed E-state index contributed by atoms with van der Waals surface area (Å²) in [6.07, 6.45) is 0.775. The van der Waals surface area contributed by atoms with E-state index in [1.807, 2.05) is 12.1 Å². The topological polar surface area (TPSA) is 64.4 Å². The van der Waals surface area contributed by atoms with Crippen molar-refractivity contribution in [2.45, 2.75) is 18.7 Å². The van der Waals surface area contributed by atoms with Gasteiger partial charge in [-0.25, -0.2) is 12.7 Å². The molecule has 1 aliphatic rings. The van der Waals surface area contributed by atoms with E-state index in [4.69, 9.17) is 28.5 Å². The van der Waals surface area contributed by atoms with Crippen molar-refractivity contribution in [2.75, 3.05) is 26.2 Å². The van der Waals surface area contributed by atoms with Gasteiger partial charge in [-0.3, -0.25) is 4.90 Å². The van der Waals surface area contributed by atoms with Gasteiger partial charge in [-0.05, 0) is 48.4 Å². The number of nitriles is 1. The highest BCUT2D eigenvalue weighted by atomic mass is 35.5. The molecule has 28 heavy (non-hydrogen) atoms. The third-order valence-electron chi connectivity index (χ3n) is 4.76. The molecule has 0 unspecified atom stereocenters. The summed E-state index contributed by atoms with van der Waals surface area (Å²) >= 11 is 11.9. The summed E-state index contributed by atoms with van der Waals surface area (Å²) < 4.78 is 27.2. The molecule has 5 nitrogen and oxygen atoms in total. The molecule has 1 heterocycles. The fraction of sp³-hybridized carbons (Fsp3) is 0.350. The zero-order valence-electron chi connectivity index (χ0n) is 15.3. The second kappa shape index (κ2) is 9.25. The van der Waals surface area contributed by atoms with Gasteiger partial charge in [-0.2, -0.15) is 5.26 Å². The van der Waals surface area contributed by atoms with Crippen LogP contribution in [0.15, 0.2) is 42.5 Å². The predicted octanol–water partition coefficient (Wildman–Crippen LogP) is 3.90. The van der Waals surface area contributed by atoms with Crippen LogP contribution in [0.1, 0.15) is 23.1 Å². The van der Waals surface area contributed by atoms with E-state index in [1.54, 1.807) is 34.6 Å². The van der Waals surface area contributed by atoms with Crippen molar-refractivity contribution in [3.05, 3.63) is 69.2 Å². The fourth-order valence-electron chi connectivity index (χ4n) is 3.26. The van der Waals surface area contributed by atoms with Crippen LogP contribution in [0.3, 0.4) is 0 Å². The Bertz CT molecular complexity index is 972. The Hall–Kier alpha value is -1.62. The molecule has 0 aromatic heterocycles. The normalized spacial score (nSPS) is 16.5. The summed E-state index contributed by atoms with van der Waals surface area (Å²) in [6.45, 7) is 3.21. The van der Waals surface area contributed by atoms with Gasteiger partial charge in [0.15, 0.2) is 0 Å². The Morgan fingerprint density at radius 3 is 2.32 bits per heavy atom. The summed E-state index contributed by atoms with van der Waals surface area (Å²) in [6, 6.07) is 14.5. The Morgan fingerprint density at radius 1 is 0.929 bits per heavy atom. The predicted molar refractivity (Wildman–Crippen MR) is 112 cm³/mol. The molecule has 0 radical (unpaired) electrons. The summed E-state index contributed by atoms with van der Waals surface area (Å²) in [5, 5.41) is 9.66. The molecule has 1 aliphatic heterocycles. The minimum absolute atomic E-state index is 0.0838. The van der Waals surface area contributed by atoms with Crippen LogP contribution in [0, 0.1) is 11.3 Å². The molecule has 1 fully saturated rings. The van der Waals surface area contributed by atoms with E-state index in [2.05, 4.69) is 11.0 Å². The van der Waals surface area contributed by atoms with Gasteiger partial charge >= 0.3 is 0 Å². The molecular formula is C20H21Cl2N3O2S. The van der Waals surface area contributed by atoms with Gasteiger partial charge in [0.1, 0.15) is 0 Å². The number of benzene rings is 2. The van der Waals surface area contributed by atoms with Crippen LogP contribution >= 0.6 is 23.2 Å². The van der Waals surface area contributed by atoms with Gasteiger partial charge in [0.05, 0.1) is 27.4 Å². The maximum Gasteiger partial charge on any atom is 0.218 e. The first-order valence-corrected chi connectivity index (χ1v) is 11.4. The molecule has 0 spiro atoms. The van der Waals surface area contributed by atoms with Crippen LogP contribution in [-0.4, -0.2) is 43.8 Å². The van der Waals surface area contributed by atoms with Gasteiger partial charge < -0.3 is 0 Å². The van der Waals surface area contributed by atoms with Gasteiger partial charge in [-0.15, -0.1) is 0 Å². The number of hydrogen-bond acceptors (Lipinski definition) is 4. The minimum Gasteiger partial charge on any atom is -0.298 e. The quantitative estimate of drug-likeness (QED) is 0.710. The average molecular weight is 438 g/mol. The highest BCUT2D eigenvalue weighted by molar-refractivity contribution is 7.88. The number of rotatable bonds is 5. The van der Waals surface area contributed by atoms with E-state index in [-0.39, 0.29) is 5.75 Å². The smallest absolute Gasteiger partial charge is 0.218 e. The van der Waals surface area contributed by atoms with Crippen LogP contribution in [0.4, 0.5) is 0 Å². The first-order valence-electron chi connectivity index (χ1n) is 9.00. The van der Waals surface area contributed by atoms with Gasteiger partial charge in [0.25, 0.3) is 0 Å². The zero-order valence-corrected chi connectivity index (χ0v) is 17.6. The molecule has 2 aromatic rings. The van der Waals surface area contributed by atoms with Crippen molar-refractivity contribution in [1.29, 1.82) is 5.26 Å². The van der Waals surface area contributed by atoms with Crippen LogP contribution in [0.2, 0.25) is 10.0 Å². The summed E-state index contributed by atoms with van der Waals surface area (Å²) in [7, 11) is -3.43. The van der Waals surface area contributed by atoms with Crippen molar-refractivity contribution >= 4 is 33.2 Å². The number of halogens is 2. The van der Waals surface area contributed by atoms with Crippen LogP contribution in [-0.2, 0) is 22.3 Å². The molecule has 3 rings (SSSR count). The lowest BCUT2D eigenvalue weighted by Crippen LogP contribution is -2.35. The Balaban J connectivity index is 1.61. The van der Waals surface area contributed by atoms with E-state index >= 15 is 0 Å². The van der Waals surface area contributed by atoms with Crippen molar-refractivity contribution in [2.24, 2.45) is 0 Å². The number of nitrogens with zero attached hydrogens (tertiary/aromatic N) is 3. The molecule has 0 bridgehead atoms. The average Bonchev–Trinajstić information content (AvgIpc) is 2.91. The number of hydrogen-bond donors (Lipinski definition) is 0. The Labute approximate surface area is 176 Å². The molecular weight excluding hydrogens is 417 g/mol. The Morgan fingerprint density at radius 2 is 1.64 bits per heavy atom. The molecule has 148 valence electrons. The number of sulfonamides is 1. The second-order valence-electron chi connectivity index (χ2n) is 6.84. The minimum atomic E-state index is -3.43. The lowest BCUT2D eigenvalue weighted by atomic mass is 10.1. The van der Waals surface area contributed by atoms with E-state index in [9.17, 15) is 8.42 Å².